The van der Waals surface area contributed by atoms with Crippen LogP contribution in [0.1, 0.15) is 17.9 Å². The summed E-state index contributed by atoms with van der Waals surface area (Å²) in [6.45, 7) is 0. The van der Waals surface area contributed by atoms with Gasteiger partial charge in [0.2, 0.25) is 0 Å². The lowest BCUT2D eigenvalue weighted by atomic mass is 9.86. The Morgan fingerprint density at radius 3 is 1.92 bits per heavy atom. The molecule has 0 saturated heterocycles. The van der Waals surface area contributed by atoms with Crippen LogP contribution in [0.25, 0.3) is 82.1 Å². The van der Waals surface area contributed by atoms with E-state index in [0.29, 0.717) is 5.92 Å². The quantitative estimate of drug-likeness (QED) is 0.172. The maximum Gasteiger partial charge on any atom is 0.0626 e. The van der Waals surface area contributed by atoms with E-state index >= 15 is 0 Å². The molecule has 1 aliphatic carbocycles. The minimum atomic E-state index is 0.331. The molecule has 49 heavy (non-hydrogen) atoms. The van der Waals surface area contributed by atoms with Crippen molar-refractivity contribution < 1.29 is 0 Å². The average molecular weight is 624 g/mol. The van der Waals surface area contributed by atoms with Gasteiger partial charge in [0.1, 0.15) is 0 Å². The van der Waals surface area contributed by atoms with Crippen molar-refractivity contribution in [1.29, 1.82) is 0 Å². The van der Waals surface area contributed by atoms with Crippen molar-refractivity contribution in [2.45, 2.75) is 12.3 Å². The first-order chi connectivity index (χ1) is 24.4. The van der Waals surface area contributed by atoms with E-state index in [1.807, 2.05) is 0 Å². The van der Waals surface area contributed by atoms with Crippen LogP contribution < -0.4 is 0 Å². The van der Waals surface area contributed by atoms with E-state index in [9.17, 15) is 0 Å². The Labute approximate surface area is 285 Å². The maximum atomic E-state index is 2.56. The van der Waals surface area contributed by atoms with Crippen molar-refractivity contribution in [1.82, 2.24) is 4.57 Å². The fraction of sp³-hybridized carbons (Fsp3) is 0.0417. The zero-order chi connectivity index (χ0) is 32.3. The van der Waals surface area contributed by atoms with Gasteiger partial charge in [-0.3, -0.25) is 0 Å². The lowest BCUT2D eigenvalue weighted by Gasteiger charge is -2.21. The first-order valence-corrected chi connectivity index (χ1v) is 17.2. The van der Waals surface area contributed by atoms with Crippen molar-refractivity contribution in [2.24, 2.45) is 0 Å². The molecule has 230 valence electrons. The number of para-hydroxylation sites is 2. The first-order valence-electron chi connectivity index (χ1n) is 17.2. The van der Waals surface area contributed by atoms with Crippen LogP contribution >= 0.6 is 0 Å². The first kappa shape index (κ1) is 27.9. The van der Waals surface area contributed by atoms with Gasteiger partial charge in [0.15, 0.2) is 0 Å². The minimum Gasteiger partial charge on any atom is -0.308 e. The Morgan fingerprint density at radius 1 is 0.449 bits per heavy atom. The Morgan fingerprint density at radius 2 is 1.10 bits per heavy atom. The Kier molecular flexibility index (Phi) is 6.38. The highest BCUT2D eigenvalue weighted by Gasteiger charge is 2.24. The van der Waals surface area contributed by atoms with Crippen molar-refractivity contribution in [3.63, 3.8) is 0 Å². The molecule has 10 rings (SSSR count). The van der Waals surface area contributed by atoms with Gasteiger partial charge in [-0.15, -0.1) is 0 Å². The summed E-state index contributed by atoms with van der Waals surface area (Å²) in [5, 5.41) is 10.3. The highest BCUT2D eigenvalue weighted by molar-refractivity contribution is 6.38. The van der Waals surface area contributed by atoms with E-state index in [1.165, 1.54) is 87.6 Å². The SMILES string of the molecule is C1=CCC(c2ccccc2-n2c3ccccc3c3c4c5ccccc5c(-c5ccccc5-c5ccccc5)cc4c4ccccc4c32)C=C1. The number of hydrogen-bond acceptors (Lipinski definition) is 0. The zero-order valence-corrected chi connectivity index (χ0v) is 27.1. The zero-order valence-electron chi connectivity index (χ0n) is 27.1. The minimum absolute atomic E-state index is 0.331. The van der Waals surface area contributed by atoms with Crippen molar-refractivity contribution in [3.8, 4) is 27.9 Å². The number of rotatable bonds is 4. The Balaban J connectivity index is 1.39. The fourth-order valence-electron chi connectivity index (χ4n) is 8.41. The molecular weight excluding hydrogens is 591 g/mol. The van der Waals surface area contributed by atoms with Crippen LogP contribution in [-0.2, 0) is 0 Å². The van der Waals surface area contributed by atoms with Gasteiger partial charge >= 0.3 is 0 Å². The average Bonchev–Trinajstić information content (AvgIpc) is 3.53. The van der Waals surface area contributed by atoms with Crippen LogP contribution in [0.5, 0.6) is 0 Å². The highest BCUT2D eigenvalue weighted by Crippen LogP contribution is 2.48. The summed E-state index contributed by atoms with van der Waals surface area (Å²) in [5.74, 6) is 0.331. The standard InChI is InChI=1S/C48H33N/c1-3-17-32(18-4-1)34-21-7-8-23-36(34)42-31-43-38-25-10-12-27-40(38)48-47(46(43)39-26-11-9-24-37(39)42)41-28-14-16-30-45(41)49(48)44-29-15-13-22-35(44)33-19-5-2-6-20-33/h1-19,21-31,33H,20H2. The van der Waals surface area contributed by atoms with Crippen molar-refractivity contribution >= 4 is 54.1 Å². The van der Waals surface area contributed by atoms with E-state index < -0.39 is 0 Å². The molecule has 0 bridgehead atoms. The van der Waals surface area contributed by atoms with E-state index in [2.05, 4.69) is 187 Å². The van der Waals surface area contributed by atoms with Crippen LogP contribution in [0, 0.1) is 0 Å². The number of fused-ring (bicyclic) bond motifs is 10. The molecule has 1 aromatic heterocycles. The van der Waals surface area contributed by atoms with Crippen molar-refractivity contribution in [2.75, 3.05) is 0 Å². The van der Waals surface area contributed by atoms with Crippen LogP contribution in [-0.4, -0.2) is 4.57 Å². The van der Waals surface area contributed by atoms with Gasteiger partial charge in [-0.2, -0.15) is 0 Å². The molecule has 1 unspecified atom stereocenters. The molecular formula is C48H33N. The maximum absolute atomic E-state index is 2.56. The van der Waals surface area contributed by atoms with E-state index in [4.69, 9.17) is 0 Å². The van der Waals surface area contributed by atoms with Crippen LogP contribution in [0.4, 0.5) is 0 Å². The molecule has 9 aromatic rings. The van der Waals surface area contributed by atoms with Crippen LogP contribution in [0.2, 0.25) is 0 Å². The summed E-state index contributed by atoms with van der Waals surface area (Å²) < 4.78 is 2.56. The highest BCUT2D eigenvalue weighted by atomic mass is 15.0. The molecule has 8 aromatic carbocycles. The summed E-state index contributed by atoms with van der Waals surface area (Å²) in [4.78, 5) is 0. The number of hydrogen-bond donors (Lipinski definition) is 0. The molecule has 1 nitrogen and oxygen atoms in total. The molecule has 1 heteroatoms. The Bertz CT molecular complexity index is 2790. The van der Waals surface area contributed by atoms with Crippen LogP contribution in [0.15, 0.2) is 182 Å². The molecule has 0 radical (unpaired) electrons. The monoisotopic (exact) mass is 623 g/mol. The third-order valence-electron chi connectivity index (χ3n) is 10.5. The third-order valence-corrected chi connectivity index (χ3v) is 10.5. The summed E-state index contributed by atoms with van der Waals surface area (Å²) in [5.41, 5.74) is 10.1. The van der Waals surface area contributed by atoms with Crippen LogP contribution in [0.3, 0.4) is 0 Å². The largest absolute Gasteiger partial charge is 0.308 e. The number of nitrogens with zero attached hydrogens (tertiary/aromatic N) is 1. The van der Waals surface area contributed by atoms with Gasteiger partial charge in [0.25, 0.3) is 0 Å². The van der Waals surface area contributed by atoms with E-state index in [1.54, 1.807) is 0 Å². The lowest BCUT2D eigenvalue weighted by Crippen LogP contribution is -2.04. The van der Waals surface area contributed by atoms with Gasteiger partial charge in [-0.1, -0.05) is 164 Å². The molecule has 0 amide bonds. The molecule has 0 N–H and O–H groups in total. The molecule has 0 aliphatic heterocycles. The number of allylic oxidation sites excluding steroid dienone is 4. The normalized spacial score (nSPS) is 14.5. The van der Waals surface area contributed by atoms with Gasteiger partial charge in [-0.25, -0.2) is 0 Å². The number of benzene rings is 8. The predicted molar refractivity (Wildman–Crippen MR) is 210 cm³/mol. The molecule has 1 aliphatic rings. The summed E-state index contributed by atoms with van der Waals surface area (Å²) in [6.07, 6.45) is 10.0. The third kappa shape index (κ3) is 4.26. The fourth-order valence-corrected chi connectivity index (χ4v) is 8.41. The lowest BCUT2D eigenvalue weighted by molar-refractivity contribution is 0.843. The van der Waals surface area contributed by atoms with Gasteiger partial charge in [-0.05, 0) is 74.0 Å². The second-order valence-electron chi connectivity index (χ2n) is 13.1. The smallest absolute Gasteiger partial charge is 0.0626 e. The van der Waals surface area contributed by atoms with E-state index in [0.717, 1.165) is 6.42 Å². The summed E-state index contributed by atoms with van der Waals surface area (Å²) in [6, 6.07) is 58.2. The molecule has 1 atom stereocenters. The molecule has 0 saturated carbocycles. The van der Waals surface area contributed by atoms with E-state index in [-0.39, 0.29) is 0 Å². The predicted octanol–water partition coefficient (Wildman–Crippen LogP) is 13.2. The van der Waals surface area contributed by atoms with Gasteiger partial charge < -0.3 is 4.57 Å². The van der Waals surface area contributed by atoms with Crippen molar-refractivity contribution in [3.05, 3.63) is 188 Å². The summed E-state index contributed by atoms with van der Waals surface area (Å²) in [7, 11) is 0. The molecule has 0 spiro atoms. The number of aromatic nitrogens is 1. The molecule has 1 heterocycles. The summed E-state index contributed by atoms with van der Waals surface area (Å²) >= 11 is 0. The van der Waals surface area contributed by atoms with Gasteiger partial charge in [0, 0.05) is 33.2 Å². The van der Waals surface area contributed by atoms with Gasteiger partial charge in [0.05, 0.1) is 11.0 Å². The second kappa shape index (κ2) is 11.2. The Hall–Kier alpha value is -6.18. The topological polar surface area (TPSA) is 4.93 Å². The molecule has 0 fully saturated rings. The second-order valence-corrected chi connectivity index (χ2v) is 13.1.